The molecule has 0 radical (unpaired) electrons. The van der Waals surface area contributed by atoms with Gasteiger partial charge < -0.3 is 9.84 Å². The van der Waals surface area contributed by atoms with E-state index in [2.05, 4.69) is 31.7 Å². The number of para-hydroxylation sites is 1. The molecule has 4 nitrogen and oxygen atoms in total. The molecule has 4 heteroatoms. The van der Waals surface area contributed by atoms with Crippen molar-refractivity contribution in [3.05, 3.63) is 29.8 Å². The van der Waals surface area contributed by atoms with Crippen molar-refractivity contribution in [3.63, 3.8) is 0 Å². The highest BCUT2D eigenvalue weighted by molar-refractivity contribution is 5.66. The van der Waals surface area contributed by atoms with E-state index < -0.39 is 5.97 Å². The zero-order chi connectivity index (χ0) is 14.8. The molecule has 1 aromatic rings. The minimum absolute atomic E-state index is 0.174. The second-order valence-electron chi connectivity index (χ2n) is 5.89. The van der Waals surface area contributed by atoms with Gasteiger partial charge in [-0.3, -0.25) is 9.69 Å². The molecule has 110 valence electrons. The fourth-order valence-electron chi connectivity index (χ4n) is 2.86. The van der Waals surface area contributed by atoms with Crippen LogP contribution in [-0.4, -0.2) is 34.7 Å². The van der Waals surface area contributed by atoms with Gasteiger partial charge in [0.25, 0.3) is 0 Å². The van der Waals surface area contributed by atoms with Crippen molar-refractivity contribution in [2.24, 2.45) is 0 Å². The SMILES string of the molecule is CCN(CCC(=O)O)C1CC(C)(C)Oc2ccccc21. The molecule has 1 aliphatic heterocycles. The largest absolute Gasteiger partial charge is 0.487 e. The van der Waals surface area contributed by atoms with E-state index in [0.717, 1.165) is 18.7 Å². The van der Waals surface area contributed by atoms with Crippen molar-refractivity contribution in [1.82, 2.24) is 4.90 Å². The van der Waals surface area contributed by atoms with Gasteiger partial charge >= 0.3 is 5.97 Å². The van der Waals surface area contributed by atoms with Gasteiger partial charge in [0.05, 0.1) is 6.42 Å². The number of nitrogens with zero attached hydrogens (tertiary/aromatic N) is 1. The van der Waals surface area contributed by atoms with Gasteiger partial charge in [0.2, 0.25) is 0 Å². The molecule has 1 aliphatic rings. The highest BCUT2D eigenvalue weighted by Gasteiger charge is 2.36. The Hall–Kier alpha value is -1.55. The van der Waals surface area contributed by atoms with Crippen LogP contribution in [0.3, 0.4) is 0 Å². The van der Waals surface area contributed by atoms with Gasteiger partial charge in [-0.2, -0.15) is 0 Å². The lowest BCUT2D eigenvalue weighted by Gasteiger charge is -2.42. The number of carboxylic acid groups (broad SMARTS) is 1. The monoisotopic (exact) mass is 277 g/mol. The first kappa shape index (κ1) is 14.9. The average Bonchev–Trinajstić information content (AvgIpc) is 2.37. The van der Waals surface area contributed by atoms with Crippen LogP contribution in [0.4, 0.5) is 0 Å². The lowest BCUT2D eigenvalue weighted by atomic mass is 9.88. The molecule has 0 fully saturated rings. The second-order valence-corrected chi connectivity index (χ2v) is 5.89. The van der Waals surface area contributed by atoms with Crippen LogP contribution in [0.2, 0.25) is 0 Å². The summed E-state index contributed by atoms with van der Waals surface area (Å²) in [4.78, 5) is 13.1. The van der Waals surface area contributed by atoms with E-state index in [9.17, 15) is 4.79 Å². The quantitative estimate of drug-likeness (QED) is 0.898. The molecule has 1 unspecified atom stereocenters. The number of benzene rings is 1. The topological polar surface area (TPSA) is 49.8 Å². The van der Waals surface area contributed by atoms with Crippen molar-refractivity contribution in [2.45, 2.75) is 45.3 Å². The second kappa shape index (κ2) is 5.83. The first-order chi connectivity index (χ1) is 9.43. The van der Waals surface area contributed by atoms with Crippen LogP contribution in [0.25, 0.3) is 0 Å². The van der Waals surface area contributed by atoms with Crippen LogP contribution in [0, 0.1) is 0 Å². The van der Waals surface area contributed by atoms with Gasteiger partial charge in [0.15, 0.2) is 0 Å². The zero-order valence-corrected chi connectivity index (χ0v) is 12.4. The van der Waals surface area contributed by atoms with Gasteiger partial charge in [-0.1, -0.05) is 25.1 Å². The third-order valence-corrected chi connectivity index (χ3v) is 3.81. The van der Waals surface area contributed by atoms with Crippen LogP contribution < -0.4 is 4.74 Å². The fraction of sp³-hybridized carbons (Fsp3) is 0.562. The molecule has 0 saturated carbocycles. The van der Waals surface area contributed by atoms with E-state index in [1.54, 1.807) is 0 Å². The minimum atomic E-state index is -0.747. The van der Waals surface area contributed by atoms with Crippen molar-refractivity contribution >= 4 is 5.97 Å². The Kier molecular flexibility index (Phi) is 4.33. The Bertz CT molecular complexity index is 484. The number of aliphatic carboxylic acids is 1. The van der Waals surface area contributed by atoms with Gasteiger partial charge in [-0.15, -0.1) is 0 Å². The standard InChI is InChI=1S/C16H23NO3/c1-4-17(10-9-15(18)19)13-11-16(2,3)20-14-8-6-5-7-12(13)14/h5-8,13H,4,9-11H2,1-3H3,(H,18,19). The Morgan fingerprint density at radius 1 is 1.45 bits per heavy atom. The summed E-state index contributed by atoms with van der Waals surface area (Å²) in [5.74, 6) is 0.172. The summed E-state index contributed by atoms with van der Waals surface area (Å²) in [5.41, 5.74) is 0.939. The molecular weight excluding hydrogens is 254 g/mol. The number of hydrogen-bond acceptors (Lipinski definition) is 3. The van der Waals surface area contributed by atoms with Gasteiger partial charge in [0, 0.05) is 24.6 Å². The summed E-state index contributed by atoms with van der Waals surface area (Å²) in [6.07, 6.45) is 1.05. The molecule has 1 atom stereocenters. The minimum Gasteiger partial charge on any atom is -0.487 e. The van der Waals surface area contributed by atoms with Gasteiger partial charge in [-0.05, 0) is 26.5 Å². The molecule has 2 rings (SSSR count). The molecule has 0 aliphatic carbocycles. The number of ether oxygens (including phenoxy) is 1. The van der Waals surface area contributed by atoms with Gasteiger partial charge in [-0.25, -0.2) is 0 Å². The Morgan fingerprint density at radius 2 is 2.15 bits per heavy atom. The van der Waals surface area contributed by atoms with Crippen LogP contribution in [-0.2, 0) is 4.79 Å². The summed E-state index contributed by atoms with van der Waals surface area (Å²) >= 11 is 0. The number of hydrogen-bond donors (Lipinski definition) is 1. The fourth-order valence-corrected chi connectivity index (χ4v) is 2.86. The molecule has 0 amide bonds. The normalized spacial score (nSPS) is 20.3. The van der Waals surface area contributed by atoms with E-state index >= 15 is 0 Å². The summed E-state index contributed by atoms with van der Waals surface area (Å²) < 4.78 is 6.03. The van der Waals surface area contributed by atoms with E-state index in [1.807, 2.05) is 18.2 Å². The van der Waals surface area contributed by atoms with E-state index in [4.69, 9.17) is 9.84 Å². The third kappa shape index (κ3) is 3.31. The molecule has 0 bridgehead atoms. The van der Waals surface area contributed by atoms with E-state index in [1.165, 1.54) is 5.56 Å². The van der Waals surface area contributed by atoms with Crippen molar-refractivity contribution in [1.29, 1.82) is 0 Å². The predicted molar refractivity (Wildman–Crippen MR) is 78.0 cm³/mol. The summed E-state index contributed by atoms with van der Waals surface area (Å²) in [7, 11) is 0. The molecular formula is C16H23NO3. The van der Waals surface area contributed by atoms with Crippen molar-refractivity contribution in [3.8, 4) is 5.75 Å². The number of rotatable bonds is 5. The smallest absolute Gasteiger partial charge is 0.304 e. The van der Waals surface area contributed by atoms with Crippen molar-refractivity contribution < 1.29 is 14.6 Å². The summed E-state index contributed by atoms with van der Waals surface area (Å²) in [5, 5.41) is 8.90. The maximum Gasteiger partial charge on any atom is 0.304 e. The Morgan fingerprint density at radius 3 is 2.80 bits per heavy atom. The Labute approximate surface area is 120 Å². The maximum atomic E-state index is 10.8. The number of fused-ring (bicyclic) bond motifs is 1. The van der Waals surface area contributed by atoms with Crippen LogP contribution in [0.1, 0.15) is 45.2 Å². The maximum absolute atomic E-state index is 10.8. The number of carboxylic acids is 1. The first-order valence-corrected chi connectivity index (χ1v) is 7.17. The van der Waals surface area contributed by atoms with Crippen LogP contribution in [0.5, 0.6) is 5.75 Å². The van der Waals surface area contributed by atoms with Gasteiger partial charge in [0.1, 0.15) is 11.4 Å². The molecule has 0 aromatic heterocycles. The first-order valence-electron chi connectivity index (χ1n) is 7.17. The molecule has 1 aromatic carbocycles. The molecule has 0 spiro atoms. The highest BCUT2D eigenvalue weighted by Crippen LogP contribution is 2.42. The molecule has 1 heterocycles. The lowest BCUT2D eigenvalue weighted by molar-refractivity contribution is -0.137. The lowest BCUT2D eigenvalue weighted by Crippen LogP contribution is -2.42. The van der Waals surface area contributed by atoms with Crippen LogP contribution >= 0.6 is 0 Å². The Balaban J connectivity index is 2.26. The van der Waals surface area contributed by atoms with Crippen LogP contribution in [0.15, 0.2) is 24.3 Å². The third-order valence-electron chi connectivity index (χ3n) is 3.81. The molecule has 20 heavy (non-hydrogen) atoms. The van der Waals surface area contributed by atoms with E-state index in [0.29, 0.717) is 6.54 Å². The van der Waals surface area contributed by atoms with Crippen molar-refractivity contribution in [2.75, 3.05) is 13.1 Å². The summed E-state index contributed by atoms with van der Waals surface area (Å²) in [6, 6.07) is 8.29. The molecule has 1 N–H and O–H groups in total. The zero-order valence-electron chi connectivity index (χ0n) is 12.4. The van der Waals surface area contributed by atoms with E-state index in [-0.39, 0.29) is 18.1 Å². The average molecular weight is 277 g/mol. The summed E-state index contributed by atoms with van der Waals surface area (Å²) in [6.45, 7) is 7.65. The molecule has 0 saturated heterocycles. The number of carbonyl (C=O) groups is 1. The highest BCUT2D eigenvalue weighted by atomic mass is 16.5. The predicted octanol–water partition coefficient (Wildman–Crippen LogP) is 3.09.